The van der Waals surface area contributed by atoms with E-state index in [-0.39, 0.29) is 18.3 Å². The van der Waals surface area contributed by atoms with Crippen LogP contribution in [-0.4, -0.2) is 46.0 Å². The van der Waals surface area contributed by atoms with Gasteiger partial charge in [-0.15, -0.1) is 0 Å². The Kier molecular flexibility index (Phi) is 6.11. The number of aliphatic carboxylic acids is 1. The van der Waals surface area contributed by atoms with Gasteiger partial charge in [0.25, 0.3) is 5.91 Å². The number of hydrogen-bond donors (Lipinski definition) is 2. The fraction of sp³-hybridized carbons (Fsp3) is 0.667. The van der Waals surface area contributed by atoms with Gasteiger partial charge in [-0.25, -0.2) is 4.79 Å². The Morgan fingerprint density at radius 3 is 2.50 bits per heavy atom. The van der Waals surface area contributed by atoms with Crippen LogP contribution in [0.4, 0.5) is 0 Å². The quantitative estimate of drug-likeness (QED) is 0.763. The Labute approximate surface area is 130 Å². The zero-order valence-electron chi connectivity index (χ0n) is 13.8. The Morgan fingerprint density at radius 1 is 1.45 bits per heavy atom. The summed E-state index contributed by atoms with van der Waals surface area (Å²) in [5.74, 6) is -1.67. The van der Waals surface area contributed by atoms with Crippen LogP contribution in [0.1, 0.15) is 55.8 Å². The molecule has 1 atom stereocenters. The van der Waals surface area contributed by atoms with E-state index in [0.717, 1.165) is 18.5 Å². The molecule has 0 aliphatic heterocycles. The minimum Gasteiger partial charge on any atom is -0.479 e. The van der Waals surface area contributed by atoms with Crippen molar-refractivity contribution in [2.24, 2.45) is 0 Å². The van der Waals surface area contributed by atoms with Crippen LogP contribution in [0.2, 0.25) is 0 Å². The van der Waals surface area contributed by atoms with Crippen LogP contribution in [0.3, 0.4) is 0 Å². The topological polar surface area (TPSA) is 93.5 Å². The molecule has 7 heteroatoms. The lowest BCUT2D eigenvalue weighted by molar-refractivity contribution is -0.145. The average molecular weight is 311 g/mol. The van der Waals surface area contributed by atoms with Crippen molar-refractivity contribution in [3.63, 3.8) is 0 Å². The normalized spacial score (nSPS) is 13.9. The molecule has 0 saturated heterocycles. The second-order valence-corrected chi connectivity index (χ2v) is 5.61. The summed E-state index contributed by atoms with van der Waals surface area (Å²) in [5, 5.41) is 16.1. The van der Waals surface area contributed by atoms with E-state index < -0.39 is 17.4 Å². The molecule has 0 bridgehead atoms. The third-order valence-electron chi connectivity index (χ3n) is 3.74. The summed E-state index contributed by atoms with van der Waals surface area (Å²) in [6, 6.07) is 1.90. The van der Waals surface area contributed by atoms with Gasteiger partial charge in [0.1, 0.15) is 5.69 Å². The number of nitrogens with zero attached hydrogens (tertiary/aromatic N) is 2. The molecule has 0 radical (unpaired) electrons. The van der Waals surface area contributed by atoms with Gasteiger partial charge >= 0.3 is 5.97 Å². The Balaban J connectivity index is 2.99. The fourth-order valence-corrected chi connectivity index (χ4v) is 2.36. The first-order valence-corrected chi connectivity index (χ1v) is 7.40. The van der Waals surface area contributed by atoms with Gasteiger partial charge in [0, 0.05) is 12.8 Å². The predicted molar refractivity (Wildman–Crippen MR) is 82.0 cm³/mol. The Morgan fingerprint density at radius 2 is 2.05 bits per heavy atom. The zero-order chi connectivity index (χ0) is 16.9. The molecule has 1 rings (SSSR count). The predicted octanol–water partition coefficient (Wildman–Crippen LogP) is 1.77. The van der Waals surface area contributed by atoms with Crippen LogP contribution in [0, 0.1) is 6.92 Å². The molecule has 1 heterocycles. The third-order valence-corrected chi connectivity index (χ3v) is 3.74. The van der Waals surface area contributed by atoms with Crippen LogP contribution in [-0.2, 0) is 9.53 Å². The second-order valence-electron chi connectivity index (χ2n) is 5.61. The summed E-state index contributed by atoms with van der Waals surface area (Å²) in [5.41, 5.74) is -0.395. The van der Waals surface area contributed by atoms with Gasteiger partial charge in [-0.05, 0) is 32.8 Å². The summed E-state index contributed by atoms with van der Waals surface area (Å²) < 4.78 is 6.71. The third kappa shape index (κ3) is 3.85. The highest BCUT2D eigenvalue weighted by Gasteiger charge is 2.36. The van der Waals surface area contributed by atoms with Crippen LogP contribution in [0.25, 0.3) is 0 Å². The molecule has 7 nitrogen and oxygen atoms in total. The highest BCUT2D eigenvalue weighted by atomic mass is 16.5. The van der Waals surface area contributed by atoms with Crippen LogP contribution in [0.5, 0.6) is 0 Å². The van der Waals surface area contributed by atoms with Crippen molar-refractivity contribution in [3.8, 4) is 0 Å². The van der Waals surface area contributed by atoms with Crippen molar-refractivity contribution >= 4 is 11.9 Å². The lowest BCUT2D eigenvalue weighted by Gasteiger charge is -2.24. The first-order valence-electron chi connectivity index (χ1n) is 7.40. The van der Waals surface area contributed by atoms with E-state index in [0.29, 0.717) is 0 Å². The number of aromatic nitrogens is 2. The molecule has 0 aliphatic carbocycles. The van der Waals surface area contributed by atoms with Crippen molar-refractivity contribution in [3.05, 3.63) is 17.5 Å². The van der Waals surface area contributed by atoms with E-state index in [2.05, 4.69) is 24.3 Å². The number of ether oxygens (including phenoxy) is 1. The molecule has 0 saturated carbocycles. The smallest absolute Gasteiger partial charge is 0.331 e. The van der Waals surface area contributed by atoms with Gasteiger partial charge in [-0.1, -0.05) is 13.8 Å². The molecular formula is C15H25N3O4. The number of carboxylic acids is 1. The highest BCUT2D eigenvalue weighted by Crippen LogP contribution is 2.18. The largest absolute Gasteiger partial charge is 0.479 e. The van der Waals surface area contributed by atoms with Gasteiger partial charge in [0.15, 0.2) is 5.54 Å². The van der Waals surface area contributed by atoms with E-state index in [1.807, 2.05) is 11.6 Å². The van der Waals surface area contributed by atoms with Crippen molar-refractivity contribution in [2.45, 2.75) is 52.1 Å². The first kappa shape index (κ1) is 18.2. The Bertz CT molecular complexity index is 537. The summed E-state index contributed by atoms with van der Waals surface area (Å²) in [7, 11) is 1.39. The van der Waals surface area contributed by atoms with E-state index in [1.54, 1.807) is 6.07 Å². The molecule has 1 unspecified atom stereocenters. The van der Waals surface area contributed by atoms with E-state index in [9.17, 15) is 14.7 Å². The first-order chi connectivity index (χ1) is 10.3. The second kappa shape index (κ2) is 7.40. The molecule has 1 aromatic rings. The minimum atomic E-state index is -1.49. The SMILES string of the molecule is CCC(CC)n1nc(C(=O)NC(C)(COC)C(=O)O)cc1C. The minimum absolute atomic E-state index is 0.125. The monoisotopic (exact) mass is 311 g/mol. The standard InChI is InChI=1S/C15H25N3O4/c1-6-11(7-2)18-10(3)8-12(17-18)13(19)16-15(4,9-22-5)14(20)21/h8,11H,6-7,9H2,1-5H3,(H,16,19)(H,20,21). The maximum absolute atomic E-state index is 12.3. The van der Waals surface area contributed by atoms with Crippen molar-refractivity contribution in [1.82, 2.24) is 15.1 Å². The molecule has 124 valence electrons. The number of carbonyl (C=O) groups is 2. The zero-order valence-corrected chi connectivity index (χ0v) is 13.8. The number of methoxy groups -OCH3 is 1. The maximum Gasteiger partial charge on any atom is 0.331 e. The summed E-state index contributed by atoms with van der Waals surface area (Å²) >= 11 is 0. The molecule has 0 aromatic carbocycles. The molecular weight excluding hydrogens is 286 g/mol. The number of hydrogen-bond acceptors (Lipinski definition) is 4. The summed E-state index contributed by atoms with van der Waals surface area (Å²) in [6.45, 7) is 7.29. The number of aryl methyl sites for hydroxylation is 1. The number of nitrogens with one attached hydrogen (secondary N) is 1. The van der Waals surface area contributed by atoms with Gasteiger partial charge < -0.3 is 15.2 Å². The molecule has 1 aromatic heterocycles. The number of carboxylic acid groups (broad SMARTS) is 1. The number of rotatable bonds is 8. The average Bonchev–Trinajstić information content (AvgIpc) is 2.83. The maximum atomic E-state index is 12.3. The highest BCUT2D eigenvalue weighted by molar-refractivity contribution is 5.96. The molecule has 2 N–H and O–H groups in total. The number of amides is 1. The van der Waals surface area contributed by atoms with Crippen molar-refractivity contribution < 1.29 is 19.4 Å². The fourth-order valence-electron chi connectivity index (χ4n) is 2.36. The van der Waals surface area contributed by atoms with Gasteiger partial charge in [-0.3, -0.25) is 9.48 Å². The number of carbonyl (C=O) groups excluding carboxylic acids is 1. The molecule has 0 fully saturated rings. The van der Waals surface area contributed by atoms with E-state index in [4.69, 9.17) is 4.74 Å². The van der Waals surface area contributed by atoms with Crippen molar-refractivity contribution in [1.29, 1.82) is 0 Å². The lowest BCUT2D eigenvalue weighted by atomic mass is 10.0. The van der Waals surface area contributed by atoms with E-state index in [1.165, 1.54) is 14.0 Å². The van der Waals surface area contributed by atoms with Gasteiger partial charge in [0.2, 0.25) is 0 Å². The van der Waals surface area contributed by atoms with Crippen molar-refractivity contribution in [2.75, 3.05) is 13.7 Å². The molecule has 0 aliphatic rings. The molecule has 1 amide bonds. The Hall–Kier alpha value is -1.89. The van der Waals surface area contributed by atoms with Gasteiger partial charge in [0.05, 0.1) is 12.6 Å². The van der Waals surface area contributed by atoms with E-state index >= 15 is 0 Å². The molecule has 22 heavy (non-hydrogen) atoms. The summed E-state index contributed by atoms with van der Waals surface area (Å²) in [4.78, 5) is 23.6. The van der Waals surface area contributed by atoms with Gasteiger partial charge in [-0.2, -0.15) is 5.10 Å². The summed E-state index contributed by atoms with van der Waals surface area (Å²) in [6.07, 6.45) is 1.83. The van der Waals surface area contributed by atoms with Crippen LogP contribution >= 0.6 is 0 Å². The molecule has 0 spiro atoms. The lowest BCUT2D eigenvalue weighted by Crippen LogP contribution is -2.55. The van der Waals surface area contributed by atoms with Crippen LogP contribution < -0.4 is 5.32 Å². The van der Waals surface area contributed by atoms with Crippen LogP contribution in [0.15, 0.2) is 6.07 Å².